The second kappa shape index (κ2) is 11.7. The lowest BCUT2D eigenvalue weighted by Gasteiger charge is -2.15. The molecule has 1 unspecified atom stereocenters. The maximum absolute atomic E-state index is 5.51. The quantitative estimate of drug-likeness (QED) is 0.552. The van der Waals surface area contributed by atoms with Gasteiger partial charge < -0.3 is 18.9 Å². The molecule has 0 aromatic heterocycles. The maximum atomic E-state index is 5.51. The van der Waals surface area contributed by atoms with Gasteiger partial charge in [0.1, 0.15) is 12.4 Å². The van der Waals surface area contributed by atoms with E-state index in [1.54, 1.807) is 0 Å². The van der Waals surface area contributed by atoms with Crippen LogP contribution >= 0.6 is 0 Å². The van der Waals surface area contributed by atoms with Gasteiger partial charge in [0.05, 0.1) is 32.5 Å². The molecule has 20 heavy (non-hydrogen) atoms. The number of ether oxygens (including phenoxy) is 4. The molecule has 1 atom stereocenters. The van der Waals surface area contributed by atoms with E-state index in [1.165, 1.54) is 0 Å². The third kappa shape index (κ3) is 8.15. The molecule has 1 aromatic carbocycles. The minimum Gasteiger partial charge on any atom is -0.491 e. The predicted octanol–water partition coefficient (Wildman–Crippen LogP) is 2.91. The molecule has 1 rings (SSSR count). The standard InChI is InChI=1S/C16H26O4/c1-3-15(19-4-2)14-18-11-10-17-12-13-20-16-8-6-5-7-9-16/h5-9,15H,3-4,10-14H2,1-2H3. The maximum Gasteiger partial charge on any atom is 0.119 e. The van der Waals surface area contributed by atoms with Crippen LogP contribution in [-0.4, -0.2) is 45.7 Å². The fourth-order valence-electron chi connectivity index (χ4n) is 1.69. The van der Waals surface area contributed by atoms with Crippen LogP contribution in [0.2, 0.25) is 0 Å². The van der Waals surface area contributed by atoms with Crippen molar-refractivity contribution in [2.24, 2.45) is 0 Å². The van der Waals surface area contributed by atoms with Crippen molar-refractivity contribution in [3.63, 3.8) is 0 Å². The van der Waals surface area contributed by atoms with Crippen molar-refractivity contribution in [2.45, 2.75) is 26.4 Å². The monoisotopic (exact) mass is 282 g/mol. The average molecular weight is 282 g/mol. The van der Waals surface area contributed by atoms with Gasteiger partial charge in [0, 0.05) is 6.61 Å². The zero-order valence-corrected chi connectivity index (χ0v) is 12.5. The van der Waals surface area contributed by atoms with Crippen LogP contribution < -0.4 is 4.74 Å². The van der Waals surface area contributed by atoms with Gasteiger partial charge in [-0.1, -0.05) is 25.1 Å². The summed E-state index contributed by atoms with van der Waals surface area (Å²) in [7, 11) is 0. The van der Waals surface area contributed by atoms with Crippen molar-refractivity contribution < 1.29 is 18.9 Å². The molecule has 114 valence electrons. The molecule has 4 nitrogen and oxygen atoms in total. The van der Waals surface area contributed by atoms with Crippen molar-refractivity contribution in [3.05, 3.63) is 30.3 Å². The largest absolute Gasteiger partial charge is 0.491 e. The summed E-state index contributed by atoms with van der Waals surface area (Å²) in [5.41, 5.74) is 0. The van der Waals surface area contributed by atoms with Crippen LogP contribution in [-0.2, 0) is 14.2 Å². The molecule has 1 aromatic rings. The number of para-hydroxylation sites is 1. The van der Waals surface area contributed by atoms with Gasteiger partial charge >= 0.3 is 0 Å². The molecule has 0 aliphatic carbocycles. The lowest BCUT2D eigenvalue weighted by molar-refractivity contribution is -0.0305. The van der Waals surface area contributed by atoms with Gasteiger partial charge in [-0.25, -0.2) is 0 Å². The van der Waals surface area contributed by atoms with Crippen LogP contribution in [0.4, 0.5) is 0 Å². The molecule has 0 bridgehead atoms. The summed E-state index contributed by atoms with van der Waals surface area (Å²) >= 11 is 0. The van der Waals surface area contributed by atoms with Gasteiger partial charge in [-0.3, -0.25) is 0 Å². The van der Waals surface area contributed by atoms with Crippen LogP contribution in [0.25, 0.3) is 0 Å². The fraction of sp³-hybridized carbons (Fsp3) is 0.625. The van der Waals surface area contributed by atoms with E-state index in [2.05, 4.69) is 6.92 Å². The number of hydrogen-bond donors (Lipinski definition) is 0. The smallest absolute Gasteiger partial charge is 0.119 e. The molecule has 0 fully saturated rings. The van der Waals surface area contributed by atoms with Crippen LogP contribution in [0.1, 0.15) is 20.3 Å². The number of hydrogen-bond acceptors (Lipinski definition) is 4. The summed E-state index contributed by atoms with van der Waals surface area (Å²) in [6.45, 7) is 7.76. The minimum absolute atomic E-state index is 0.196. The van der Waals surface area contributed by atoms with E-state index in [4.69, 9.17) is 18.9 Å². The van der Waals surface area contributed by atoms with E-state index in [0.29, 0.717) is 33.0 Å². The van der Waals surface area contributed by atoms with Crippen molar-refractivity contribution >= 4 is 0 Å². The molecule has 0 amide bonds. The van der Waals surface area contributed by atoms with Crippen LogP contribution in [0.5, 0.6) is 5.75 Å². The highest BCUT2D eigenvalue weighted by molar-refractivity contribution is 5.20. The van der Waals surface area contributed by atoms with E-state index >= 15 is 0 Å². The molecule has 0 radical (unpaired) electrons. The average Bonchev–Trinajstić information content (AvgIpc) is 2.49. The highest BCUT2D eigenvalue weighted by Gasteiger charge is 2.04. The highest BCUT2D eigenvalue weighted by atomic mass is 16.6. The van der Waals surface area contributed by atoms with E-state index in [1.807, 2.05) is 37.3 Å². The molecule has 0 aliphatic rings. The van der Waals surface area contributed by atoms with Gasteiger partial charge in [-0.15, -0.1) is 0 Å². The number of rotatable bonds is 12. The van der Waals surface area contributed by atoms with Crippen molar-refractivity contribution in [1.29, 1.82) is 0 Å². The van der Waals surface area contributed by atoms with E-state index in [-0.39, 0.29) is 6.10 Å². The Labute approximate surface area is 122 Å². The molecule has 0 saturated heterocycles. The first-order valence-electron chi connectivity index (χ1n) is 7.31. The Kier molecular flexibility index (Phi) is 9.92. The Bertz CT molecular complexity index is 316. The van der Waals surface area contributed by atoms with Crippen LogP contribution in [0.15, 0.2) is 30.3 Å². The molecular weight excluding hydrogens is 256 g/mol. The van der Waals surface area contributed by atoms with Gasteiger partial charge in [0.2, 0.25) is 0 Å². The fourth-order valence-corrected chi connectivity index (χ4v) is 1.69. The molecule has 0 N–H and O–H groups in total. The first-order chi connectivity index (χ1) is 9.86. The molecule has 0 saturated carbocycles. The minimum atomic E-state index is 0.196. The summed E-state index contributed by atoms with van der Waals surface area (Å²) in [5.74, 6) is 0.870. The zero-order valence-electron chi connectivity index (χ0n) is 12.5. The molecule has 0 aliphatic heterocycles. The zero-order chi connectivity index (χ0) is 14.5. The summed E-state index contributed by atoms with van der Waals surface area (Å²) in [6, 6.07) is 9.73. The second-order valence-corrected chi connectivity index (χ2v) is 4.33. The first kappa shape index (κ1) is 17.0. The van der Waals surface area contributed by atoms with E-state index in [9.17, 15) is 0 Å². The Morgan fingerprint density at radius 3 is 2.30 bits per heavy atom. The predicted molar refractivity (Wildman–Crippen MR) is 79.3 cm³/mol. The molecule has 0 spiro atoms. The summed E-state index contributed by atoms with van der Waals surface area (Å²) in [6.07, 6.45) is 1.17. The third-order valence-electron chi connectivity index (χ3n) is 2.77. The SMILES string of the molecule is CCOC(CC)COCCOCCOc1ccccc1. The topological polar surface area (TPSA) is 36.9 Å². The Morgan fingerprint density at radius 2 is 1.60 bits per heavy atom. The molecular formula is C16H26O4. The van der Waals surface area contributed by atoms with Crippen LogP contribution in [0, 0.1) is 0 Å². The van der Waals surface area contributed by atoms with Crippen molar-refractivity contribution in [2.75, 3.05) is 39.6 Å². The summed E-state index contributed by atoms with van der Waals surface area (Å²) < 4.78 is 22.0. The molecule has 0 heterocycles. The second-order valence-electron chi connectivity index (χ2n) is 4.33. The number of benzene rings is 1. The van der Waals surface area contributed by atoms with Gasteiger partial charge in [0.25, 0.3) is 0 Å². The lowest BCUT2D eigenvalue weighted by Crippen LogP contribution is -2.20. The Morgan fingerprint density at radius 1 is 0.900 bits per heavy atom. The van der Waals surface area contributed by atoms with E-state index < -0.39 is 0 Å². The Hall–Kier alpha value is -1.10. The normalized spacial score (nSPS) is 12.3. The summed E-state index contributed by atoms with van der Waals surface area (Å²) in [5, 5.41) is 0. The summed E-state index contributed by atoms with van der Waals surface area (Å²) in [4.78, 5) is 0. The van der Waals surface area contributed by atoms with Gasteiger partial charge in [-0.2, -0.15) is 0 Å². The Balaban J connectivity index is 1.90. The van der Waals surface area contributed by atoms with Gasteiger partial charge in [-0.05, 0) is 25.5 Å². The van der Waals surface area contributed by atoms with E-state index in [0.717, 1.165) is 18.8 Å². The first-order valence-corrected chi connectivity index (χ1v) is 7.31. The van der Waals surface area contributed by atoms with Crippen LogP contribution in [0.3, 0.4) is 0 Å². The highest BCUT2D eigenvalue weighted by Crippen LogP contribution is 2.07. The third-order valence-corrected chi connectivity index (χ3v) is 2.77. The van der Waals surface area contributed by atoms with Crippen molar-refractivity contribution in [3.8, 4) is 5.75 Å². The lowest BCUT2D eigenvalue weighted by atomic mass is 10.3. The molecule has 4 heteroatoms. The van der Waals surface area contributed by atoms with Crippen molar-refractivity contribution in [1.82, 2.24) is 0 Å². The van der Waals surface area contributed by atoms with Gasteiger partial charge in [0.15, 0.2) is 0 Å².